The maximum atomic E-state index is 9.92. The van der Waals surface area contributed by atoms with E-state index in [0.717, 1.165) is 5.31 Å². The number of hydrogen-bond donors (Lipinski definition) is 1. The van der Waals surface area contributed by atoms with Gasteiger partial charge in [-0.25, -0.2) is 0 Å². The van der Waals surface area contributed by atoms with Crippen LogP contribution in [-0.4, -0.2) is 5.11 Å². The highest BCUT2D eigenvalue weighted by Crippen LogP contribution is 2.61. The van der Waals surface area contributed by atoms with Gasteiger partial charge in [0, 0.05) is 0 Å². The number of benzene rings is 3. The van der Waals surface area contributed by atoms with Crippen LogP contribution >= 0.6 is 7.26 Å². The van der Waals surface area contributed by atoms with Crippen molar-refractivity contribution in [2.24, 2.45) is 0 Å². The van der Waals surface area contributed by atoms with E-state index in [0.29, 0.717) is 0 Å². The molecule has 1 N–H and O–H groups in total. The molecular formula is C21H20OP+. The number of allylic oxidation sites excluding steroid dienone is 1. The van der Waals surface area contributed by atoms with Crippen molar-refractivity contribution >= 4 is 23.2 Å². The zero-order valence-corrected chi connectivity index (χ0v) is 14.0. The maximum Gasteiger partial charge on any atom is 0.142 e. The van der Waals surface area contributed by atoms with Gasteiger partial charge in [0.25, 0.3) is 0 Å². The van der Waals surface area contributed by atoms with Gasteiger partial charge in [0.2, 0.25) is 0 Å². The first-order valence-corrected chi connectivity index (χ1v) is 9.46. The van der Waals surface area contributed by atoms with E-state index < -0.39 is 7.26 Å². The lowest BCUT2D eigenvalue weighted by Gasteiger charge is -2.27. The summed E-state index contributed by atoms with van der Waals surface area (Å²) >= 11 is 0. The summed E-state index contributed by atoms with van der Waals surface area (Å²) in [6.45, 7) is 2.03. The third-order valence-electron chi connectivity index (χ3n) is 4.15. The van der Waals surface area contributed by atoms with Gasteiger partial charge < -0.3 is 5.11 Å². The van der Waals surface area contributed by atoms with Gasteiger partial charge in [-0.1, -0.05) is 54.6 Å². The molecule has 0 aliphatic carbocycles. The molecule has 0 atom stereocenters. The van der Waals surface area contributed by atoms with Crippen molar-refractivity contribution in [1.29, 1.82) is 0 Å². The van der Waals surface area contributed by atoms with Gasteiger partial charge in [0.05, 0.1) is 0 Å². The standard InChI is InChI=1S/C21H19OP/c1-18(17-22)23(19-11-5-2-6-12-19,20-13-7-3-8-14-20)21-15-9-4-10-16-21/h2-17H,1H3/p+1/b18-17+. The fourth-order valence-electron chi connectivity index (χ4n) is 3.10. The van der Waals surface area contributed by atoms with Crippen molar-refractivity contribution in [2.45, 2.75) is 6.92 Å². The first kappa shape index (κ1) is 15.5. The summed E-state index contributed by atoms with van der Waals surface area (Å²) in [5.74, 6) is 0. The van der Waals surface area contributed by atoms with Crippen LogP contribution < -0.4 is 15.9 Å². The summed E-state index contributed by atoms with van der Waals surface area (Å²) in [6, 6.07) is 31.5. The van der Waals surface area contributed by atoms with E-state index >= 15 is 0 Å². The molecular weight excluding hydrogens is 299 g/mol. The average molecular weight is 319 g/mol. The Balaban J connectivity index is 2.41. The van der Waals surface area contributed by atoms with Crippen molar-refractivity contribution in [3.8, 4) is 0 Å². The Bertz CT molecular complexity index is 683. The third kappa shape index (κ3) is 2.69. The van der Waals surface area contributed by atoms with Crippen LogP contribution in [-0.2, 0) is 0 Å². The zero-order chi connectivity index (χ0) is 16.1. The molecule has 0 heterocycles. The molecule has 3 aromatic carbocycles. The van der Waals surface area contributed by atoms with Gasteiger partial charge in [-0.05, 0) is 43.3 Å². The van der Waals surface area contributed by atoms with Crippen LogP contribution in [0.1, 0.15) is 6.92 Å². The first-order valence-electron chi connectivity index (χ1n) is 7.67. The van der Waals surface area contributed by atoms with Crippen molar-refractivity contribution in [3.63, 3.8) is 0 Å². The van der Waals surface area contributed by atoms with E-state index in [1.54, 1.807) is 0 Å². The Morgan fingerprint density at radius 1 is 0.652 bits per heavy atom. The summed E-state index contributed by atoms with van der Waals surface area (Å²) in [5, 5.41) is 14.7. The molecule has 0 bridgehead atoms. The van der Waals surface area contributed by atoms with Gasteiger partial charge in [-0.15, -0.1) is 0 Å². The Labute approximate surface area is 138 Å². The van der Waals surface area contributed by atoms with Crippen LogP contribution in [0.15, 0.2) is 103 Å². The molecule has 0 saturated heterocycles. The van der Waals surface area contributed by atoms with Crippen LogP contribution in [0.3, 0.4) is 0 Å². The molecule has 0 spiro atoms. The molecule has 1 nitrogen and oxygen atoms in total. The molecule has 0 saturated carbocycles. The highest BCUT2D eigenvalue weighted by atomic mass is 31.2. The average Bonchev–Trinajstić information content (AvgIpc) is 2.65. The lowest BCUT2D eigenvalue weighted by Crippen LogP contribution is -2.31. The van der Waals surface area contributed by atoms with Crippen molar-refractivity contribution in [3.05, 3.63) is 103 Å². The second-order valence-corrected chi connectivity index (χ2v) is 9.04. The predicted octanol–water partition coefficient (Wildman–Crippen LogP) is 4.40. The fourth-order valence-corrected chi connectivity index (χ4v) is 7.25. The monoisotopic (exact) mass is 319 g/mol. The molecule has 23 heavy (non-hydrogen) atoms. The minimum Gasteiger partial charge on any atom is -0.512 e. The van der Waals surface area contributed by atoms with Crippen LogP contribution in [0.4, 0.5) is 0 Å². The first-order chi connectivity index (χ1) is 11.3. The Morgan fingerprint density at radius 3 is 1.22 bits per heavy atom. The second-order valence-electron chi connectivity index (χ2n) is 5.45. The van der Waals surface area contributed by atoms with Gasteiger partial charge >= 0.3 is 0 Å². The minimum absolute atomic E-state index is 1.00. The topological polar surface area (TPSA) is 20.2 Å². The normalized spacial score (nSPS) is 12.1. The molecule has 0 aliphatic rings. The lowest BCUT2D eigenvalue weighted by atomic mass is 10.4. The summed E-state index contributed by atoms with van der Waals surface area (Å²) in [6.07, 6.45) is 1.28. The summed E-state index contributed by atoms with van der Waals surface area (Å²) in [4.78, 5) is 0. The molecule has 2 heteroatoms. The SMILES string of the molecule is C/C(=C\O)[P+](c1ccccc1)(c1ccccc1)c1ccccc1. The van der Waals surface area contributed by atoms with Crippen LogP contribution in [0.25, 0.3) is 0 Å². The fraction of sp³-hybridized carbons (Fsp3) is 0.0476. The summed E-state index contributed by atoms with van der Waals surface area (Å²) in [5.41, 5.74) is 0. The van der Waals surface area contributed by atoms with Gasteiger partial charge in [-0.2, -0.15) is 0 Å². The minimum atomic E-state index is -2.03. The third-order valence-corrected chi connectivity index (χ3v) is 8.54. The number of aliphatic hydroxyl groups is 1. The molecule has 114 valence electrons. The molecule has 0 aromatic heterocycles. The number of rotatable bonds is 4. The highest BCUT2D eigenvalue weighted by molar-refractivity contribution is 7.99. The number of aliphatic hydroxyl groups excluding tert-OH is 1. The number of hydrogen-bond acceptors (Lipinski definition) is 1. The molecule has 0 aliphatic heterocycles. The van der Waals surface area contributed by atoms with E-state index in [4.69, 9.17) is 0 Å². The lowest BCUT2D eigenvalue weighted by molar-refractivity contribution is 0.471. The van der Waals surface area contributed by atoms with Crippen LogP contribution in [0, 0.1) is 0 Å². The van der Waals surface area contributed by atoms with E-state index in [2.05, 4.69) is 72.8 Å². The van der Waals surface area contributed by atoms with E-state index in [9.17, 15) is 5.11 Å². The molecule has 0 amide bonds. The summed E-state index contributed by atoms with van der Waals surface area (Å²) < 4.78 is 0. The smallest absolute Gasteiger partial charge is 0.142 e. The molecule has 3 rings (SSSR count). The van der Waals surface area contributed by atoms with E-state index in [1.165, 1.54) is 22.2 Å². The van der Waals surface area contributed by atoms with Gasteiger partial charge in [-0.3, -0.25) is 0 Å². The molecule has 0 unspecified atom stereocenters. The van der Waals surface area contributed by atoms with Crippen LogP contribution in [0.5, 0.6) is 0 Å². The van der Waals surface area contributed by atoms with Gasteiger partial charge in [0.15, 0.2) is 0 Å². The van der Waals surface area contributed by atoms with E-state index in [1.807, 2.05) is 25.1 Å². The second kappa shape index (κ2) is 6.81. The molecule has 0 radical (unpaired) electrons. The Morgan fingerprint density at radius 2 is 0.957 bits per heavy atom. The Kier molecular flexibility index (Phi) is 4.60. The van der Waals surface area contributed by atoms with Crippen molar-refractivity contribution in [1.82, 2.24) is 0 Å². The quantitative estimate of drug-likeness (QED) is 0.558. The van der Waals surface area contributed by atoms with Crippen molar-refractivity contribution < 1.29 is 5.11 Å². The molecule has 0 fully saturated rings. The largest absolute Gasteiger partial charge is 0.512 e. The summed E-state index contributed by atoms with van der Waals surface area (Å²) in [7, 11) is -2.03. The van der Waals surface area contributed by atoms with E-state index in [-0.39, 0.29) is 0 Å². The molecule has 3 aromatic rings. The van der Waals surface area contributed by atoms with Crippen molar-refractivity contribution in [2.75, 3.05) is 0 Å². The zero-order valence-electron chi connectivity index (χ0n) is 13.1. The van der Waals surface area contributed by atoms with Crippen LogP contribution in [0.2, 0.25) is 0 Å². The maximum absolute atomic E-state index is 9.92. The Hall–Kier alpha value is -2.37. The predicted molar refractivity (Wildman–Crippen MR) is 102 cm³/mol. The highest BCUT2D eigenvalue weighted by Gasteiger charge is 2.47. The van der Waals surface area contributed by atoms with Gasteiger partial charge in [0.1, 0.15) is 34.8 Å².